The normalized spacial score (nSPS) is 13.8. The largest absolute Gasteiger partial charge is 0.417 e. The van der Waals surface area contributed by atoms with E-state index in [1.165, 1.54) is 0 Å². The second kappa shape index (κ2) is 4.31. The topological polar surface area (TPSA) is 0 Å². The number of benzene rings is 1. The highest BCUT2D eigenvalue weighted by molar-refractivity contribution is 5.44. The minimum atomic E-state index is -5.76. The van der Waals surface area contributed by atoms with Crippen LogP contribution >= 0.6 is 0 Å². The average Bonchev–Trinajstić information content (AvgIpc) is 2.11. The van der Waals surface area contributed by atoms with Crippen molar-refractivity contribution in [2.24, 2.45) is 0 Å². The molecule has 0 aliphatic carbocycles. The standard InChI is InChI=1S/C10H5F9/c1-4-2-5(8(11,12)13)7(10(17,18)19)6(3-4)9(14,15)16/h2-3H,1H3. The lowest BCUT2D eigenvalue weighted by Crippen LogP contribution is -2.23. The highest BCUT2D eigenvalue weighted by atomic mass is 19.4. The molecule has 0 radical (unpaired) electrons. The van der Waals surface area contributed by atoms with Gasteiger partial charge in [-0.15, -0.1) is 0 Å². The van der Waals surface area contributed by atoms with Gasteiger partial charge in [-0.3, -0.25) is 0 Å². The van der Waals surface area contributed by atoms with Crippen LogP contribution in [0.1, 0.15) is 22.3 Å². The van der Waals surface area contributed by atoms with E-state index in [9.17, 15) is 39.5 Å². The van der Waals surface area contributed by atoms with Gasteiger partial charge in [0, 0.05) is 0 Å². The maximum Gasteiger partial charge on any atom is 0.417 e. The van der Waals surface area contributed by atoms with E-state index in [1.54, 1.807) is 0 Å². The summed E-state index contributed by atoms with van der Waals surface area (Å²) in [7, 11) is 0. The van der Waals surface area contributed by atoms with Gasteiger partial charge < -0.3 is 0 Å². The Morgan fingerprint density at radius 1 is 0.632 bits per heavy atom. The zero-order valence-corrected chi connectivity index (χ0v) is 9.06. The number of hydrogen-bond donors (Lipinski definition) is 0. The molecule has 0 atom stereocenters. The molecule has 0 N–H and O–H groups in total. The first-order valence-electron chi connectivity index (χ1n) is 4.61. The van der Waals surface area contributed by atoms with Crippen molar-refractivity contribution in [3.05, 3.63) is 34.4 Å². The number of hydrogen-bond acceptors (Lipinski definition) is 0. The molecule has 0 aromatic heterocycles. The van der Waals surface area contributed by atoms with Crippen molar-refractivity contribution in [1.82, 2.24) is 0 Å². The molecule has 1 aromatic rings. The van der Waals surface area contributed by atoms with Crippen LogP contribution in [0.3, 0.4) is 0 Å². The molecule has 9 heteroatoms. The van der Waals surface area contributed by atoms with Gasteiger partial charge in [0.2, 0.25) is 0 Å². The monoisotopic (exact) mass is 296 g/mol. The number of halogens is 9. The number of rotatable bonds is 0. The Kier molecular flexibility index (Phi) is 3.55. The Labute approximate surface area is 100 Å². The Hall–Kier alpha value is -1.41. The minimum Gasteiger partial charge on any atom is -0.166 e. The van der Waals surface area contributed by atoms with Crippen LogP contribution in [0.2, 0.25) is 0 Å². The fraction of sp³-hybridized carbons (Fsp3) is 0.400. The molecular weight excluding hydrogens is 291 g/mol. The second-order valence-corrected chi connectivity index (χ2v) is 3.73. The molecular formula is C10H5F9. The molecule has 0 spiro atoms. The van der Waals surface area contributed by atoms with Gasteiger partial charge in [-0.25, -0.2) is 0 Å². The van der Waals surface area contributed by atoms with Gasteiger partial charge >= 0.3 is 18.5 Å². The van der Waals surface area contributed by atoms with Crippen molar-refractivity contribution in [3.8, 4) is 0 Å². The van der Waals surface area contributed by atoms with Gasteiger partial charge in [-0.1, -0.05) is 0 Å². The van der Waals surface area contributed by atoms with Crippen LogP contribution in [0.15, 0.2) is 12.1 Å². The fourth-order valence-corrected chi connectivity index (χ4v) is 1.54. The van der Waals surface area contributed by atoms with Crippen molar-refractivity contribution >= 4 is 0 Å². The van der Waals surface area contributed by atoms with E-state index in [0.29, 0.717) is 0 Å². The van der Waals surface area contributed by atoms with E-state index in [1.807, 2.05) is 0 Å². The first-order chi connectivity index (χ1) is 8.24. The average molecular weight is 296 g/mol. The molecule has 0 bridgehead atoms. The highest BCUT2D eigenvalue weighted by Gasteiger charge is 2.50. The van der Waals surface area contributed by atoms with Crippen LogP contribution < -0.4 is 0 Å². The Morgan fingerprint density at radius 2 is 0.947 bits per heavy atom. The molecule has 0 nitrogen and oxygen atoms in total. The minimum absolute atomic E-state index is 0.0397. The summed E-state index contributed by atoms with van der Waals surface area (Å²) in [6.07, 6.45) is -16.8. The molecule has 0 aliphatic heterocycles. The first kappa shape index (κ1) is 15.6. The van der Waals surface area contributed by atoms with Gasteiger partial charge in [-0.2, -0.15) is 39.5 Å². The Bertz CT molecular complexity index is 440. The number of aryl methyl sites for hydroxylation is 1. The lowest BCUT2D eigenvalue weighted by atomic mass is 9.96. The SMILES string of the molecule is Cc1cc(C(F)(F)F)c(C(F)(F)F)c(C(F)(F)F)c1. The summed E-state index contributed by atoms with van der Waals surface area (Å²) < 4.78 is 112. The summed E-state index contributed by atoms with van der Waals surface area (Å²) in [6, 6.07) is 0.0795. The maximum absolute atomic E-state index is 12.5. The van der Waals surface area contributed by atoms with Crippen molar-refractivity contribution in [3.63, 3.8) is 0 Å². The molecule has 0 heterocycles. The van der Waals surface area contributed by atoms with Crippen molar-refractivity contribution in [2.75, 3.05) is 0 Å². The predicted octanol–water partition coefficient (Wildman–Crippen LogP) is 5.05. The van der Waals surface area contributed by atoms with E-state index in [4.69, 9.17) is 0 Å². The summed E-state index contributed by atoms with van der Waals surface area (Å²) in [5.74, 6) is 0. The summed E-state index contributed by atoms with van der Waals surface area (Å²) in [4.78, 5) is 0. The summed E-state index contributed by atoms with van der Waals surface area (Å²) in [6.45, 7) is 0.852. The molecule has 1 aromatic carbocycles. The lowest BCUT2D eigenvalue weighted by Gasteiger charge is -2.21. The van der Waals surface area contributed by atoms with E-state index in [2.05, 4.69) is 0 Å². The third kappa shape index (κ3) is 3.32. The van der Waals surface area contributed by atoms with E-state index >= 15 is 0 Å². The van der Waals surface area contributed by atoms with Gasteiger partial charge in [0.1, 0.15) is 0 Å². The van der Waals surface area contributed by atoms with Crippen molar-refractivity contribution in [2.45, 2.75) is 25.5 Å². The van der Waals surface area contributed by atoms with Crippen LogP contribution in [0.25, 0.3) is 0 Å². The molecule has 1 rings (SSSR count). The molecule has 0 saturated carbocycles. The van der Waals surface area contributed by atoms with Gasteiger partial charge in [-0.05, 0) is 24.6 Å². The zero-order chi connectivity index (χ0) is 15.2. The van der Waals surface area contributed by atoms with Crippen LogP contribution in [0.4, 0.5) is 39.5 Å². The molecule has 19 heavy (non-hydrogen) atoms. The summed E-state index contributed by atoms with van der Waals surface area (Å²) in [5.41, 5.74) is -7.95. The Balaban J connectivity index is 3.80. The Morgan fingerprint density at radius 3 is 1.16 bits per heavy atom. The molecule has 0 aliphatic rings. The van der Waals surface area contributed by atoms with E-state index in [-0.39, 0.29) is 12.1 Å². The van der Waals surface area contributed by atoms with Crippen molar-refractivity contribution < 1.29 is 39.5 Å². The summed E-state index contributed by atoms with van der Waals surface area (Å²) >= 11 is 0. The third-order valence-corrected chi connectivity index (χ3v) is 2.18. The van der Waals surface area contributed by atoms with Crippen LogP contribution in [-0.2, 0) is 18.5 Å². The highest BCUT2D eigenvalue weighted by Crippen LogP contribution is 2.46. The summed E-state index contributed by atoms with van der Waals surface area (Å²) in [5, 5.41) is 0. The van der Waals surface area contributed by atoms with Crippen LogP contribution in [0, 0.1) is 6.92 Å². The predicted molar refractivity (Wildman–Crippen MR) is 46.2 cm³/mol. The van der Waals surface area contributed by atoms with E-state index in [0.717, 1.165) is 6.92 Å². The molecule has 0 amide bonds. The van der Waals surface area contributed by atoms with Crippen molar-refractivity contribution in [1.29, 1.82) is 0 Å². The third-order valence-electron chi connectivity index (χ3n) is 2.18. The van der Waals surface area contributed by atoms with Gasteiger partial charge in [0.15, 0.2) is 0 Å². The molecule has 0 saturated heterocycles. The molecule has 0 fully saturated rings. The van der Waals surface area contributed by atoms with Gasteiger partial charge in [0.25, 0.3) is 0 Å². The van der Waals surface area contributed by atoms with Gasteiger partial charge in [0.05, 0.1) is 16.7 Å². The molecule has 0 unspecified atom stereocenters. The smallest absolute Gasteiger partial charge is 0.166 e. The fourth-order valence-electron chi connectivity index (χ4n) is 1.54. The van der Waals surface area contributed by atoms with Crippen LogP contribution in [0.5, 0.6) is 0 Å². The zero-order valence-electron chi connectivity index (χ0n) is 9.06. The quantitative estimate of drug-likeness (QED) is 0.588. The van der Waals surface area contributed by atoms with Crippen LogP contribution in [-0.4, -0.2) is 0 Å². The first-order valence-corrected chi connectivity index (χ1v) is 4.61. The number of alkyl halides is 9. The second-order valence-electron chi connectivity index (χ2n) is 3.73. The lowest BCUT2D eigenvalue weighted by molar-refractivity contribution is -0.174. The molecule has 108 valence electrons. The van der Waals surface area contributed by atoms with E-state index < -0.39 is 40.8 Å². The maximum atomic E-state index is 12.5.